The third-order valence-corrected chi connectivity index (χ3v) is 1.28. The maximum absolute atomic E-state index is 10.1. The molecule has 1 amide bonds. The van der Waals surface area contributed by atoms with Crippen LogP contribution in [0.5, 0.6) is 0 Å². The van der Waals surface area contributed by atoms with Gasteiger partial charge < -0.3 is 0 Å². The van der Waals surface area contributed by atoms with Crippen molar-refractivity contribution in [3.8, 4) is 0 Å². The Morgan fingerprint density at radius 3 is 2.60 bits per heavy atom. The second-order valence-electron chi connectivity index (χ2n) is 1.62. The first-order valence-electron chi connectivity index (χ1n) is 2.65. The molecular formula is C6H5ClN2O. The van der Waals surface area contributed by atoms with Gasteiger partial charge in [0.1, 0.15) is 0 Å². The predicted octanol–water partition coefficient (Wildman–Crippen LogP) is 1.20. The monoisotopic (exact) mass is 156 g/mol. The van der Waals surface area contributed by atoms with Crippen LogP contribution in [0.1, 0.15) is 0 Å². The summed E-state index contributed by atoms with van der Waals surface area (Å²) < 4.78 is 0.960. The van der Waals surface area contributed by atoms with Crippen molar-refractivity contribution in [2.45, 2.75) is 0 Å². The average molecular weight is 157 g/mol. The lowest BCUT2D eigenvalue weighted by Gasteiger charge is -2.04. The van der Waals surface area contributed by atoms with Crippen LogP contribution in [0.3, 0.4) is 0 Å². The molecule has 0 bridgehead atoms. The zero-order valence-electron chi connectivity index (χ0n) is 5.07. The smallest absolute Gasteiger partial charge is 0.228 e. The maximum Gasteiger partial charge on any atom is 0.228 e. The van der Waals surface area contributed by atoms with Crippen LogP contribution in [0, 0.1) is 0 Å². The quantitative estimate of drug-likeness (QED) is 0.476. The molecule has 1 aromatic heterocycles. The molecule has 4 heteroatoms. The molecule has 10 heavy (non-hydrogen) atoms. The van der Waals surface area contributed by atoms with E-state index in [4.69, 9.17) is 11.8 Å². The first-order chi connectivity index (χ1) is 4.84. The minimum atomic E-state index is 0.525. The summed E-state index contributed by atoms with van der Waals surface area (Å²) in [5.74, 6) is 0. The standard InChI is InChI=1S/C6H5ClN2O/c7-9(5-10)6-1-3-8-4-2-6/h1-5H. The zero-order chi connectivity index (χ0) is 7.40. The molecule has 1 heterocycles. The van der Waals surface area contributed by atoms with E-state index in [0.29, 0.717) is 12.1 Å². The van der Waals surface area contributed by atoms with Gasteiger partial charge >= 0.3 is 0 Å². The molecule has 1 aromatic rings. The highest BCUT2D eigenvalue weighted by Crippen LogP contribution is 2.11. The Kier molecular flexibility index (Phi) is 2.23. The van der Waals surface area contributed by atoms with Crippen molar-refractivity contribution in [2.75, 3.05) is 4.42 Å². The van der Waals surface area contributed by atoms with E-state index < -0.39 is 0 Å². The molecule has 0 unspecified atom stereocenters. The highest BCUT2D eigenvalue weighted by Gasteiger charge is 1.96. The number of halogens is 1. The Morgan fingerprint density at radius 1 is 1.50 bits per heavy atom. The molecule has 0 radical (unpaired) electrons. The Balaban J connectivity index is 2.84. The SMILES string of the molecule is O=CN(Cl)c1ccncc1. The summed E-state index contributed by atoms with van der Waals surface area (Å²) in [4.78, 5) is 13.8. The first kappa shape index (κ1) is 7.02. The fourth-order valence-electron chi connectivity index (χ4n) is 0.547. The topological polar surface area (TPSA) is 33.2 Å². The second kappa shape index (κ2) is 3.17. The maximum atomic E-state index is 10.1. The van der Waals surface area contributed by atoms with Gasteiger partial charge in [-0.1, -0.05) is 0 Å². The van der Waals surface area contributed by atoms with E-state index in [1.54, 1.807) is 24.5 Å². The number of carbonyl (C=O) groups excluding carboxylic acids is 1. The van der Waals surface area contributed by atoms with Crippen LogP contribution >= 0.6 is 11.8 Å². The molecule has 0 aliphatic rings. The van der Waals surface area contributed by atoms with E-state index in [0.717, 1.165) is 4.42 Å². The third-order valence-electron chi connectivity index (χ3n) is 1.00. The lowest BCUT2D eigenvalue weighted by molar-refractivity contribution is -0.106. The van der Waals surface area contributed by atoms with Crippen molar-refractivity contribution >= 4 is 23.9 Å². The number of nitrogens with zero attached hydrogens (tertiary/aromatic N) is 2. The lowest BCUT2D eigenvalue weighted by Crippen LogP contribution is -2.05. The molecule has 0 aromatic carbocycles. The normalized spacial score (nSPS) is 8.90. The van der Waals surface area contributed by atoms with Gasteiger partial charge in [0.05, 0.1) is 5.69 Å². The Labute approximate surface area is 63.4 Å². The molecule has 3 nitrogen and oxygen atoms in total. The van der Waals surface area contributed by atoms with E-state index in [9.17, 15) is 4.79 Å². The average Bonchev–Trinajstić information content (AvgIpc) is 2.05. The predicted molar refractivity (Wildman–Crippen MR) is 38.6 cm³/mol. The molecule has 52 valence electrons. The van der Waals surface area contributed by atoms with Crippen molar-refractivity contribution in [1.29, 1.82) is 0 Å². The van der Waals surface area contributed by atoms with E-state index in [2.05, 4.69) is 4.98 Å². The van der Waals surface area contributed by atoms with Crippen LogP contribution in [0.25, 0.3) is 0 Å². The summed E-state index contributed by atoms with van der Waals surface area (Å²) in [5.41, 5.74) is 0.617. The van der Waals surface area contributed by atoms with Crippen LogP contribution in [0.2, 0.25) is 0 Å². The van der Waals surface area contributed by atoms with Gasteiger partial charge in [-0.05, 0) is 12.1 Å². The van der Waals surface area contributed by atoms with Gasteiger partial charge in [-0.2, -0.15) is 0 Å². The molecule has 0 saturated heterocycles. The van der Waals surface area contributed by atoms with Crippen molar-refractivity contribution in [3.63, 3.8) is 0 Å². The summed E-state index contributed by atoms with van der Waals surface area (Å²) >= 11 is 5.43. The van der Waals surface area contributed by atoms with E-state index in [1.165, 1.54) is 0 Å². The van der Waals surface area contributed by atoms with Gasteiger partial charge in [-0.3, -0.25) is 9.78 Å². The summed E-state index contributed by atoms with van der Waals surface area (Å²) in [6.07, 6.45) is 3.65. The Morgan fingerprint density at radius 2 is 2.10 bits per heavy atom. The molecule has 0 N–H and O–H groups in total. The molecule has 0 fully saturated rings. The van der Waals surface area contributed by atoms with Crippen LogP contribution < -0.4 is 4.42 Å². The minimum Gasteiger partial charge on any atom is -0.277 e. The number of aromatic nitrogens is 1. The summed E-state index contributed by atoms with van der Waals surface area (Å²) in [6, 6.07) is 3.28. The first-order valence-corrected chi connectivity index (χ1v) is 2.99. The summed E-state index contributed by atoms with van der Waals surface area (Å²) in [5, 5.41) is 0. The number of rotatable bonds is 2. The van der Waals surface area contributed by atoms with Gasteiger partial charge in [0.2, 0.25) is 6.41 Å². The van der Waals surface area contributed by atoms with Crippen LogP contribution in [-0.2, 0) is 4.79 Å². The number of carbonyl (C=O) groups is 1. The Hall–Kier alpha value is -1.09. The van der Waals surface area contributed by atoms with E-state index >= 15 is 0 Å². The number of hydrogen-bond acceptors (Lipinski definition) is 2. The lowest BCUT2D eigenvalue weighted by atomic mass is 10.4. The van der Waals surface area contributed by atoms with Crippen molar-refractivity contribution in [2.24, 2.45) is 0 Å². The largest absolute Gasteiger partial charge is 0.277 e. The van der Waals surface area contributed by atoms with Crippen LogP contribution in [0.15, 0.2) is 24.5 Å². The highest BCUT2D eigenvalue weighted by molar-refractivity contribution is 6.32. The van der Waals surface area contributed by atoms with Gasteiger partial charge in [-0.15, -0.1) is 0 Å². The van der Waals surface area contributed by atoms with Crippen LogP contribution in [-0.4, -0.2) is 11.4 Å². The summed E-state index contributed by atoms with van der Waals surface area (Å²) in [6.45, 7) is 0. The number of amides is 1. The van der Waals surface area contributed by atoms with Gasteiger partial charge in [0.15, 0.2) is 0 Å². The van der Waals surface area contributed by atoms with Crippen LogP contribution in [0.4, 0.5) is 5.69 Å². The highest BCUT2D eigenvalue weighted by atomic mass is 35.5. The number of anilines is 1. The van der Waals surface area contributed by atoms with Gasteiger partial charge in [0.25, 0.3) is 0 Å². The molecule has 0 atom stereocenters. The molecule has 0 spiro atoms. The zero-order valence-corrected chi connectivity index (χ0v) is 5.82. The fraction of sp³-hybridized carbons (Fsp3) is 0. The molecule has 0 aliphatic heterocycles. The number of hydrogen-bond donors (Lipinski definition) is 0. The molecular weight excluding hydrogens is 152 g/mol. The number of pyridine rings is 1. The summed E-state index contributed by atoms with van der Waals surface area (Å²) in [7, 11) is 0. The Bertz CT molecular complexity index is 214. The van der Waals surface area contributed by atoms with Crippen molar-refractivity contribution in [1.82, 2.24) is 4.98 Å². The van der Waals surface area contributed by atoms with E-state index in [-0.39, 0.29) is 0 Å². The minimum absolute atomic E-state index is 0.525. The van der Waals surface area contributed by atoms with Gasteiger partial charge in [-0.25, -0.2) is 4.42 Å². The van der Waals surface area contributed by atoms with Crippen molar-refractivity contribution in [3.05, 3.63) is 24.5 Å². The third kappa shape index (κ3) is 1.45. The molecule has 1 rings (SSSR count). The van der Waals surface area contributed by atoms with Gasteiger partial charge in [0, 0.05) is 24.2 Å². The fourth-order valence-corrected chi connectivity index (χ4v) is 0.660. The molecule has 0 saturated carbocycles. The molecule has 0 aliphatic carbocycles. The van der Waals surface area contributed by atoms with E-state index in [1.807, 2.05) is 0 Å². The second-order valence-corrected chi connectivity index (χ2v) is 1.99. The van der Waals surface area contributed by atoms with Crippen molar-refractivity contribution < 1.29 is 4.79 Å².